The number of primary amides is 1. The van der Waals surface area contributed by atoms with E-state index in [1.807, 2.05) is 5.32 Å². The number of hydrogen-bond donors (Lipinski definition) is 2. The summed E-state index contributed by atoms with van der Waals surface area (Å²) in [6.07, 6.45) is 2.96. The number of nitriles is 1. The summed E-state index contributed by atoms with van der Waals surface area (Å²) >= 11 is 0. The van der Waals surface area contributed by atoms with Crippen LogP contribution < -0.4 is 15.8 Å². The number of amides is 3. The molecule has 0 saturated carbocycles. The summed E-state index contributed by atoms with van der Waals surface area (Å²) in [5.41, 5.74) is 5.21. The number of carbonyl (C=O) groups excluding carboxylic acids is 2. The van der Waals surface area contributed by atoms with Gasteiger partial charge in [-0.15, -0.1) is 0 Å². The van der Waals surface area contributed by atoms with E-state index in [-0.39, 0.29) is 5.57 Å². The minimum atomic E-state index is -1.01. The molecule has 0 aliphatic rings. The molecule has 1 rings (SSSR count). The van der Waals surface area contributed by atoms with E-state index in [4.69, 9.17) is 15.7 Å². The number of imide groups is 1. The van der Waals surface area contributed by atoms with E-state index in [9.17, 15) is 9.59 Å². The molecule has 0 aliphatic heterocycles. The van der Waals surface area contributed by atoms with Gasteiger partial charge < -0.3 is 10.5 Å². The fourth-order valence-corrected chi connectivity index (χ4v) is 1.31. The minimum Gasteiger partial charge on any atom is -0.490 e. The van der Waals surface area contributed by atoms with Crippen LogP contribution in [0.3, 0.4) is 0 Å². The second-order valence-corrected chi connectivity index (χ2v) is 3.66. The third-order valence-corrected chi connectivity index (χ3v) is 2.16. The van der Waals surface area contributed by atoms with Gasteiger partial charge in [0.15, 0.2) is 0 Å². The number of ether oxygens (including phenoxy) is 1. The number of nitrogens with zero attached hydrogens (tertiary/aromatic N) is 1. The Morgan fingerprint density at radius 3 is 2.55 bits per heavy atom. The quantitative estimate of drug-likeness (QED) is 0.479. The van der Waals surface area contributed by atoms with E-state index >= 15 is 0 Å². The molecule has 3 N–H and O–H groups in total. The second kappa shape index (κ2) is 7.38. The van der Waals surface area contributed by atoms with Crippen LogP contribution in [0.25, 0.3) is 6.08 Å². The zero-order chi connectivity index (χ0) is 15.0. The third kappa shape index (κ3) is 4.66. The molecule has 102 valence electrons. The summed E-state index contributed by atoms with van der Waals surface area (Å²) in [6, 6.07) is 7.42. The SMILES string of the molecule is C=CCOc1ccc(/C=C(/C#N)C(=O)NC(N)=O)cc1. The Hall–Kier alpha value is -3.07. The van der Waals surface area contributed by atoms with Crippen LogP contribution in [0, 0.1) is 11.3 Å². The molecule has 0 fully saturated rings. The fourth-order valence-electron chi connectivity index (χ4n) is 1.31. The smallest absolute Gasteiger partial charge is 0.319 e. The molecule has 0 spiro atoms. The van der Waals surface area contributed by atoms with Gasteiger partial charge in [-0.1, -0.05) is 24.8 Å². The first-order valence-corrected chi connectivity index (χ1v) is 5.63. The summed E-state index contributed by atoms with van der Waals surface area (Å²) in [4.78, 5) is 22.0. The van der Waals surface area contributed by atoms with Gasteiger partial charge >= 0.3 is 6.03 Å². The van der Waals surface area contributed by atoms with Crippen molar-refractivity contribution in [3.05, 3.63) is 48.1 Å². The van der Waals surface area contributed by atoms with Crippen molar-refractivity contribution >= 4 is 18.0 Å². The second-order valence-electron chi connectivity index (χ2n) is 3.66. The van der Waals surface area contributed by atoms with Crippen molar-refractivity contribution in [1.82, 2.24) is 5.32 Å². The minimum absolute atomic E-state index is 0.219. The Labute approximate surface area is 116 Å². The van der Waals surface area contributed by atoms with Crippen molar-refractivity contribution in [2.24, 2.45) is 5.73 Å². The first kappa shape index (κ1) is 15.0. The van der Waals surface area contributed by atoms with Gasteiger partial charge in [-0.2, -0.15) is 5.26 Å². The maximum absolute atomic E-state index is 11.5. The zero-order valence-corrected chi connectivity index (χ0v) is 10.6. The number of hydrogen-bond acceptors (Lipinski definition) is 4. The van der Waals surface area contributed by atoms with Crippen LogP contribution >= 0.6 is 0 Å². The fraction of sp³-hybridized carbons (Fsp3) is 0.0714. The highest BCUT2D eigenvalue weighted by molar-refractivity contribution is 6.08. The van der Waals surface area contributed by atoms with Crippen LogP contribution in [0.15, 0.2) is 42.5 Å². The van der Waals surface area contributed by atoms with Crippen LogP contribution in [-0.4, -0.2) is 18.5 Å². The number of urea groups is 1. The predicted molar refractivity (Wildman–Crippen MR) is 73.5 cm³/mol. The zero-order valence-electron chi connectivity index (χ0n) is 10.6. The molecule has 0 radical (unpaired) electrons. The standard InChI is InChI=1S/C14H13N3O3/c1-2-7-20-12-5-3-10(4-6-12)8-11(9-15)13(18)17-14(16)19/h2-6,8H,1,7H2,(H3,16,17,18,19)/b11-8-. The molecule has 3 amide bonds. The van der Waals surface area contributed by atoms with Crippen molar-refractivity contribution in [2.75, 3.05) is 6.61 Å². The summed E-state index contributed by atoms with van der Waals surface area (Å²) in [5.74, 6) is -0.200. The topological polar surface area (TPSA) is 105 Å². The van der Waals surface area contributed by atoms with E-state index in [0.29, 0.717) is 17.9 Å². The van der Waals surface area contributed by atoms with Gasteiger partial charge in [0.05, 0.1) is 0 Å². The monoisotopic (exact) mass is 271 g/mol. The highest BCUT2D eigenvalue weighted by Gasteiger charge is 2.10. The van der Waals surface area contributed by atoms with Gasteiger partial charge in [-0.3, -0.25) is 10.1 Å². The third-order valence-electron chi connectivity index (χ3n) is 2.16. The molecule has 0 saturated heterocycles. The molecule has 1 aromatic carbocycles. The van der Waals surface area contributed by atoms with Crippen molar-refractivity contribution in [3.63, 3.8) is 0 Å². The highest BCUT2D eigenvalue weighted by Crippen LogP contribution is 2.14. The molecule has 0 aliphatic carbocycles. The van der Waals surface area contributed by atoms with Crippen molar-refractivity contribution in [2.45, 2.75) is 0 Å². The van der Waals surface area contributed by atoms with Crippen LogP contribution in [0.4, 0.5) is 4.79 Å². The Morgan fingerprint density at radius 2 is 2.05 bits per heavy atom. The average molecular weight is 271 g/mol. The molecule has 1 aromatic rings. The maximum Gasteiger partial charge on any atom is 0.319 e. The van der Waals surface area contributed by atoms with Gasteiger partial charge in [0, 0.05) is 0 Å². The normalized spacial score (nSPS) is 10.2. The summed E-state index contributed by atoms with van der Waals surface area (Å²) in [5, 5.41) is 10.7. The lowest BCUT2D eigenvalue weighted by Crippen LogP contribution is -2.35. The molecule has 0 heterocycles. The van der Waals surface area contributed by atoms with E-state index in [0.717, 1.165) is 0 Å². The first-order valence-electron chi connectivity index (χ1n) is 5.63. The number of nitrogens with one attached hydrogen (secondary N) is 1. The van der Waals surface area contributed by atoms with E-state index in [2.05, 4.69) is 6.58 Å². The molecule has 6 heteroatoms. The molecule has 0 bridgehead atoms. The van der Waals surface area contributed by atoms with Crippen molar-refractivity contribution in [1.29, 1.82) is 5.26 Å². The van der Waals surface area contributed by atoms with Gasteiger partial charge in [0.2, 0.25) is 0 Å². The van der Waals surface area contributed by atoms with Gasteiger partial charge in [0.25, 0.3) is 5.91 Å². The molecular formula is C14H13N3O3. The van der Waals surface area contributed by atoms with Gasteiger partial charge in [0.1, 0.15) is 24.0 Å². The molecule has 20 heavy (non-hydrogen) atoms. The molecule has 0 aromatic heterocycles. The summed E-state index contributed by atoms with van der Waals surface area (Å²) < 4.78 is 5.30. The van der Waals surface area contributed by atoms with Crippen LogP contribution in [-0.2, 0) is 4.79 Å². The molecule has 6 nitrogen and oxygen atoms in total. The van der Waals surface area contributed by atoms with Crippen molar-refractivity contribution in [3.8, 4) is 11.8 Å². The van der Waals surface area contributed by atoms with Crippen LogP contribution in [0.5, 0.6) is 5.75 Å². The molecule has 0 unspecified atom stereocenters. The van der Waals surface area contributed by atoms with E-state index < -0.39 is 11.9 Å². The molecule has 0 atom stereocenters. The largest absolute Gasteiger partial charge is 0.490 e. The lowest BCUT2D eigenvalue weighted by atomic mass is 10.1. The Kier molecular flexibility index (Phi) is 5.53. The van der Waals surface area contributed by atoms with Crippen molar-refractivity contribution < 1.29 is 14.3 Å². The average Bonchev–Trinajstić information content (AvgIpc) is 2.42. The predicted octanol–water partition coefficient (Wildman–Crippen LogP) is 1.35. The Balaban J connectivity index is 2.85. The van der Waals surface area contributed by atoms with E-state index in [1.165, 1.54) is 6.08 Å². The maximum atomic E-state index is 11.5. The van der Waals surface area contributed by atoms with Crippen LogP contribution in [0.1, 0.15) is 5.56 Å². The summed E-state index contributed by atoms with van der Waals surface area (Å²) in [7, 11) is 0. The number of carbonyl (C=O) groups is 2. The van der Waals surface area contributed by atoms with E-state index in [1.54, 1.807) is 36.4 Å². The highest BCUT2D eigenvalue weighted by atomic mass is 16.5. The van der Waals surface area contributed by atoms with Gasteiger partial charge in [-0.05, 0) is 23.8 Å². The number of benzene rings is 1. The Bertz CT molecular complexity index is 583. The van der Waals surface area contributed by atoms with Crippen LogP contribution in [0.2, 0.25) is 0 Å². The number of nitrogens with two attached hydrogens (primary N) is 1. The lowest BCUT2D eigenvalue weighted by molar-refractivity contribution is -0.115. The number of rotatable bonds is 5. The molecular weight excluding hydrogens is 258 g/mol. The first-order chi connectivity index (χ1) is 9.56. The van der Waals surface area contributed by atoms with Gasteiger partial charge in [-0.25, -0.2) is 4.79 Å². The lowest BCUT2D eigenvalue weighted by Gasteiger charge is -2.03. The Morgan fingerprint density at radius 1 is 1.40 bits per heavy atom. The summed E-state index contributed by atoms with van der Waals surface area (Å²) in [6.45, 7) is 3.92.